The van der Waals surface area contributed by atoms with Gasteiger partial charge in [0.15, 0.2) is 5.82 Å². The number of rotatable bonds is 3. The molecule has 0 bridgehead atoms. The standard InChI is InChI=1S/C19H22Cl2N4O/c1-11-17(12-3-2-4-13(20)16(12)21)24-14(9-26)18(23-11)25-8-5-15(22)19(10-25)6-7-19/h2-4,15,26H,5-10,22H2,1H3. The summed E-state index contributed by atoms with van der Waals surface area (Å²) in [4.78, 5) is 11.7. The van der Waals surface area contributed by atoms with E-state index in [9.17, 15) is 5.11 Å². The maximum Gasteiger partial charge on any atom is 0.153 e. The lowest BCUT2D eigenvalue weighted by Gasteiger charge is -2.38. The van der Waals surface area contributed by atoms with Crippen molar-refractivity contribution < 1.29 is 5.11 Å². The predicted molar refractivity (Wildman–Crippen MR) is 105 cm³/mol. The van der Waals surface area contributed by atoms with Crippen molar-refractivity contribution in [3.05, 3.63) is 39.6 Å². The fourth-order valence-electron chi connectivity index (χ4n) is 3.89. The largest absolute Gasteiger partial charge is 0.390 e. The third-order valence-corrected chi connectivity index (χ3v) is 6.49. The van der Waals surface area contributed by atoms with E-state index in [0.29, 0.717) is 21.4 Å². The molecule has 0 radical (unpaired) electrons. The van der Waals surface area contributed by atoms with Crippen LogP contribution in [0.15, 0.2) is 18.2 Å². The second kappa shape index (κ2) is 6.64. The number of benzene rings is 1. The molecule has 1 spiro atoms. The maximum atomic E-state index is 9.92. The zero-order valence-electron chi connectivity index (χ0n) is 14.7. The van der Waals surface area contributed by atoms with Crippen molar-refractivity contribution in [3.63, 3.8) is 0 Å². The van der Waals surface area contributed by atoms with Crippen LogP contribution in [-0.2, 0) is 6.61 Å². The number of nitrogens with two attached hydrogens (primary N) is 1. The molecule has 1 aliphatic carbocycles. The molecular formula is C19H22Cl2N4O. The molecule has 2 heterocycles. The topological polar surface area (TPSA) is 75.3 Å². The van der Waals surface area contributed by atoms with Gasteiger partial charge in [-0.2, -0.15) is 0 Å². The van der Waals surface area contributed by atoms with Gasteiger partial charge >= 0.3 is 0 Å². The average molecular weight is 393 g/mol. The van der Waals surface area contributed by atoms with Crippen LogP contribution in [0.1, 0.15) is 30.7 Å². The first-order valence-corrected chi connectivity index (χ1v) is 9.64. The number of nitrogens with zero attached hydrogens (tertiary/aromatic N) is 3. The van der Waals surface area contributed by atoms with Crippen molar-refractivity contribution in [1.29, 1.82) is 0 Å². The number of halogens is 2. The van der Waals surface area contributed by atoms with Crippen LogP contribution >= 0.6 is 23.2 Å². The second-order valence-corrected chi connectivity index (χ2v) is 8.15. The van der Waals surface area contributed by atoms with Gasteiger partial charge in [-0.1, -0.05) is 35.3 Å². The van der Waals surface area contributed by atoms with Gasteiger partial charge in [0.05, 0.1) is 28.0 Å². The second-order valence-electron chi connectivity index (χ2n) is 7.37. The van der Waals surface area contributed by atoms with E-state index in [0.717, 1.165) is 36.6 Å². The Hall–Kier alpha value is -1.40. The molecule has 138 valence electrons. The first-order chi connectivity index (χ1) is 12.4. The quantitative estimate of drug-likeness (QED) is 0.834. The summed E-state index contributed by atoms with van der Waals surface area (Å²) < 4.78 is 0. The van der Waals surface area contributed by atoms with Gasteiger partial charge in [-0.3, -0.25) is 0 Å². The van der Waals surface area contributed by atoms with Crippen molar-refractivity contribution in [3.8, 4) is 11.3 Å². The zero-order chi connectivity index (χ0) is 18.5. The molecule has 5 nitrogen and oxygen atoms in total. The average Bonchev–Trinajstić information content (AvgIpc) is 3.40. The van der Waals surface area contributed by atoms with E-state index < -0.39 is 0 Å². The van der Waals surface area contributed by atoms with E-state index in [1.165, 1.54) is 12.8 Å². The molecule has 1 unspecified atom stereocenters. The molecule has 3 N–H and O–H groups in total. The number of aromatic nitrogens is 2. The minimum absolute atomic E-state index is 0.177. The predicted octanol–water partition coefficient (Wildman–Crippen LogP) is 3.57. The summed E-state index contributed by atoms with van der Waals surface area (Å²) in [5.74, 6) is 0.755. The van der Waals surface area contributed by atoms with E-state index in [4.69, 9.17) is 38.9 Å². The Kier molecular flexibility index (Phi) is 4.59. The molecular weight excluding hydrogens is 371 g/mol. The fourth-order valence-corrected chi connectivity index (χ4v) is 4.28. The molecule has 1 saturated heterocycles. The first kappa shape index (κ1) is 18.0. The summed E-state index contributed by atoms with van der Waals surface area (Å²) in [5.41, 5.74) is 9.23. The normalized spacial score (nSPS) is 21.3. The SMILES string of the molecule is Cc1nc(N2CCC(N)C3(CC3)C2)c(CO)nc1-c1cccc(Cl)c1Cl. The Labute approximate surface area is 163 Å². The lowest BCUT2D eigenvalue weighted by molar-refractivity contribution is 0.275. The van der Waals surface area contributed by atoms with Crippen LogP contribution in [0.25, 0.3) is 11.3 Å². The number of hydrogen-bond acceptors (Lipinski definition) is 5. The minimum atomic E-state index is -0.177. The molecule has 2 aliphatic rings. The van der Waals surface area contributed by atoms with Crippen molar-refractivity contribution in [2.24, 2.45) is 11.1 Å². The first-order valence-electron chi connectivity index (χ1n) is 8.88. The summed E-state index contributed by atoms with van der Waals surface area (Å²) >= 11 is 12.5. The van der Waals surface area contributed by atoms with Crippen LogP contribution in [0.5, 0.6) is 0 Å². The molecule has 2 aromatic rings. The molecule has 1 saturated carbocycles. The van der Waals surface area contributed by atoms with Crippen molar-refractivity contribution >= 4 is 29.0 Å². The highest BCUT2D eigenvalue weighted by atomic mass is 35.5. The highest BCUT2D eigenvalue weighted by Crippen LogP contribution is 2.52. The van der Waals surface area contributed by atoms with Gasteiger partial charge in [0.2, 0.25) is 0 Å². The number of aryl methyl sites for hydroxylation is 1. The van der Waals surface area contributed by atoms with Crippen LogP contribution in [0, 0.1) is 12.3 Å². The molecule has 7 heteroatoms. The lowest BCUT2D eigenvalue weighted by atomic mass is 9.89. The van der Waals surface area contributed by atoms with E-state index in [-0.39, 0.29) is 18.1 Å². The summed E-state index contributed by atoms with van der Waals surface area (Å²) in [6.45, 7) is 3.45. The summed E-state index contributed by atoms with van der Waals surface area (Å²) in [6, 6.07) is 5.70. The molecule has 1 aromatic carbocycles. The van der Waals surface area contributed by atoms with Crippen LogP contribution in [0.2, 0.25) is 10.0 Å². The van der Waals surface area contributed by atoms with E-state index in [2.05, 4.69) is 4.90 Å². The summed E-state index contributed by atoms with van der Waals surface area (Å²) in [6.07, 6.45) is 3.27. The Morgan fingerprint density at radius 1 is 1.31 bits per heavy atom. The van der Waals surface area contributed by atoms with Gasteiger partial charge < -0.3 is 15.7 Å². The fraction of sp³-hybridized carbons (Fsp3) is 0.474. The Morgan fingerprint density at radius 3 is 2.77 bits per heavy atom. The number of piperidine rings is 1. The number of aliphatic hydroxyl groups is 1. The summed E-state index contributed by atoms with van der Waals surface area (Å²) in [5, 5.41) is 10.8. The molecule has 26 heavy (non-hydrogen) atoms. The van der Waals surface area contributed by atoms with Crippen molar-refractivity contribution in [1.82, 2.24) is 9.97 Å². The lowest BCUT2D eigenvalue weighted by Crippen LogP contribution is -2.49. The van der Waals surface area contributed by atoms with Crippen molar-refractivity contribution in [2.45, 2.75) is 38.8 Å². The van der Waals surface area contributed by atoms with Crippen LogP contribution < -0.4 is 10.6 Å². The van der Waals surface area contributed by atoms with Gasteiger partial charge in [0.1, 0.15) is 5.69 Å². The van der Waals surface area contributed by atoms with Gasteiger partial charge in [-0.15, -0.1) is 0 Å². The summed E-state index contributed by atoms with van der Waals surface area (Å²) in [7, 11) is 0. The third-order valence-electron chi connectivity index (χ3n) is 5.67. The van der Waals surface area contributed by atoms with E-state index in [1.54, 1.807) is 6.07 Å². The van der Waals surface area contributed by atoms with Crippen LogP contribution in [0.4, 0.5) is 5.82 Å². The Balaban J connectivity index is 1.74. The number of aliphatic hydroxyl groups excluding tert-OH is 1. The monoisotopic (exact) mass is 392 g/mol. The highest BCUT2D eigenvalue weighted by Gasteiger charge is 2.51. The molecule has 2 fully saturated rings. The van der Waals surface area contributed by atoms with E-state index in [1.807, 2.05) is 19.1 Å². The third kappa shape index (κ3) is 2.97. The molecule has 1 aliphatic heterocycles. The van der Waals surface area contributed by atoms with Crippen LogP contribution in [0.3, 0.4) is 0 Å². The molecule has 1 atom stereocenters. The number of hydrogen-bond donors (Lipinski definition) is 2. The maximum absolute atomic E-state index is 9.92. The zero-order valence-corrected chi connectivity index (χ0v) is 16.2. The number of anilines is 1. The van der Waals surface area contributed by atoms with Gasteiger partial charge in [0.25, 0.3) is 0 Å². The van der Waals surface area contributed by atoms with Gasteiger partial charge in [0, 0.05) is 30.1 Å². The highest BCUT2D eigenvalue weighted by molar-refractivity contribution is 6.43. The molecule has 1 aromatic heterocycles. The van der Waals surface area contributed by atoms with Crippen LogP contribution in [-0.4, -0.2) is 34.2 Å². The van der Waals surface area contributed by atoms with Gasteiger partial charge in [-0.05, 0) is 32.3 Å². The van der Waals surface area contributed by atoms with Gasteiger partial charge in [-0.25, -0.2) is 9.97 Å². The molecule has 0 amide bonds. The molecule has 4 rings (SSSR count). The van der Waals surface area contributed by atoms with E-state index >= 15 is 0 Å². The van der Waals surface area contributed by atoms with Crippen molar-refractivity contribution in [2.75, 3.05) is 18.0 Å². The minimum Gasteiger partial charge on any atom is -0.390 e. The Bertz CT molecular complexity index is 854. The smallest absolute Gasteiger partial charge is 0.153 e. The Morgan fingerprint density at radius 2 is 2.08 bits per heavy atom.